The fourth-order valence-corrected chi connectivity index (χ4v) is 4.32. The molecule has 0 radical (unpaired) electrons. The maximum absolute atomic E-state index is 12.3. The fraction of sp³-hybridized carbons (Fsp3) is 0.400. The van der Waals surface area contributed by atoms with Crippen molar-refractivity contribution < 1.29 is 8.42 Å². The third-order valence-electron chi connectivity index (χ3n) is 3.78. The molecule has 0 bridgehead atoms. The standard InChI is InChI=1S/C15H18N2O2S2/c18-21(19,17-8-7-14-10-16-11-20-14)15-6-5-12-3-1-2-4-13(12)9-15/h5-6,9-11,17H,1-4,7-8H2. The summed E-state index contributed by atoms with van der Waals surface area (Å²) in [4.78, 5) is 5.45. The summed E-state index contributed by atoms with van der Waals surface area (Å²) in [5, 5.41) is 0. The Morgan fingerprint density at radius 2 is 2.00 bits per heavy atom. The molecule has 1 aromatic carbocycles. The zero-order chi connectivity index (χ0) is 14.7. The Labute approximate surface area is 129 Å². The van der Waals surface area contributed by atoms with E-state index in [9.17, 15) is 8.42 Å². The first-order chi connectivity index (χ1) is 10.1. The van der Waals surface area contributed by atoms with Gasteiger partial charge in [-0.1, -0.05) is 6.07 Å². The van der Waals surface area contributed by atoms with Crippen LogP contribution in [-0.2, 0) is 29.3 Å². The van der Waals surface area contributed by atoms with Crippen LogP contribution >= 0.6 is 11.3 Å². The normalized spacial score (nSPS) is 14.9. The highest BCUT2D eigenvalue weighted by atomic mass is 32.2. The number of nitrogens with zero attached hydrogens (tertiary/aromatic N) is 1. The summed E-state index contributed by atoms with van der Waals surface area (Å²) in [7, 11) is -3.41. The molecule has 0 saturated heterocycles. The smallest absolute Gasteiger partial charge is 0.240 e. The maximum atomic E-state index is 12.3. The number of fused-ring (bicyclic) bond motifs is 1. The molecule has 1 heterocycles. The van der Waals surface area contributed by atoms with Crippen molar-refractivity contribution in [3.8, 4) is 0 Å². The van der Waals surface area contributed by atoms with Gasteiger partial charge in [0.2, 0.25) is 10.0 Å². The second-order valence-corrected chi connectivity index (χ2v) is 7.99. The van der Waals surface area contributed by atoms with E-state index in [0.29, 0.717) is 17.9 Å². The van der Waals surface area contributed by atoms with E-state index in [4.69, 9.17) is 0 Å². The van der Waals surface area contributed by atoms with Crippen LogP contribution in [0.5, 0.6) is 0 Å². The molecule has 0 aliphatic heterocycles. The van der Waals surface area contributed by atoms with Crippen molar-refractivity contribution in [1.82, 2.24) is 9.71 Å². The molecule has 2 aromatic rings. The van der Waals surface area contributed by atoms with Gasteiger partial charge in [0.05, 0.1) is 10.4 Å². The average Bonchev–Trinajstić information content (AvgIpc) is 3.00. The summed E-state index contributed by atoms with van der Waals surface area (Å²) in [5.74, 6) is 0. The Balaban J connectivity index is 1.69. The third kappa shape index (κ3) is 3.51. The minimum Gasteiger partial charge on any atom is -0.253 e. The summed E-state index contributed by atoms with van der Waals surface area (Å²) in [6.07, 6.45) is 6.85. The predicted molar refractivity (Wildman–Crippen MR) is 84.1 cm³/mol. The van der Waals surface area contributed by atoms with E-state index in [2.05, 4.69) is 9.71 Å². The number of benzene rings is 1. The molecule has 21 heavy (non-hydrogen) atoms. The van der Waals surface area contributed by atoms with Crippen LogP contribution in [0.25, 0.3) is 0 Å². The van der Waals surface area contributed by atoms with Gasteiger partial charge in [0.25, 0.3) is 0 Å². The lowest BCUT2D eigenvalue weighted by molar-refractivity contribution is 0.581. The largest absolute Gasteiger partial charge is 0.253 e. The summed E-state index contributed by atoms with van der Waals surface area (Å²) in [6.45, 7) is 0.404. The fourth-order valence-electron chi connectivity index (χ4n) is 2.63. The number of nitrogens with one attached hydrogen (secondary N) is 1. The van der Waals surface area contributed by atoms with E-state index in [0.717, 1.165) is 24.1 Å². The van der Waals surface area contributed by atoms with Crippen molar-refractivity contribution in [2.45, 2.75) is 37.0 Å². The Hall–Kier alpha value is -1.24. The first-order valence-corrected chi connectivity index (χ1v) is 9.50. The van der Waals surface area contributed by atoms with E-state index in [1.165, 1.54) is 17.5 Å². The summed E-state index contributed by atoms with van der Waals surface area (Å²) in [6, 6.07) is 5.52. The van der Waals surface area contributed by atoms with Crippen molar-refractivity contribution in [1.29, 1.82) is 0 Å². The molecule has 112 valence electrons. The first kappa shape index (κ1) is 14.7. The molecule has 1 aliphatic rings. The number of hydrogen-bond donors (Lipinski definition) is 1. The molecule has 1 N–H and O–H groups in total. The number of sulfonamides is 1. The number of hydrogen-bond acceptors (Lipinski definition) is 4. The van der Waals surface area contributed by atoms with Crippen LogP contribution in [0, 0.1) is 0 Å². The molecule has 0 unspecified atom stereocenters. The van der Waals surface area contributed by atoms with Gasteiger partial charge in [-0.15, -0.1) is 11.3 Å². The van der Waals surface area contributed by atoms with Crippen LogP contribution in [0.3, 0.4) is 0 Å². The second kappa shape index (κ2) is 6.25. The van der Waals surface area contributed by atoms with E-state index in [1.807, 2.05) is 12.1 Å². The van der Waals surface area contributed by atoms with Gasteiger partial charge < -0.3 is 0 Å². The SMILES string of the molecule is O=S(=O)(NCCc1cncs1)c1ccc2c(c1)CCCC2. The number of rotatable bonds is 5. The van der Waals surface area contributed by atoms with Gasteiger partial charge in [-0.05, 0) is 55.4 Å². The molecule has 0 spiro atoms. The van der Waals surface area contributed by atoms with Crippen LogP contribution in [0.4, 0.5) is 0 Å². The molecular weight excluding hydrogens is 304 g/mol. The quantitative estimate of drug-likeness (QED) is 0.920. The molecule has 0 atom stereocenters. The lowest BCUT2D eigenvalue weighted by atomic mass is 9.92. The first-order valence-electron chi connectivity index (χ1n) is 7.14. The maximum Gasteiger partial charge on any atom is 0.240 e. The second-order valence-electron chi connectivity index (χ2n) is 5.25. The number of aromatic nitrogens is 1. The number of aryl methyl sites for hydroxylation is 2. The van der Waals surface area contributed by atoms with Crippen molar-refractivity contribution in [3.05, 3.63) is 45.9 Å². The van der Waals surface area contributed by atoms with Crippen molar-refractivity contribution in [2.24, 2.45) is 0 Å². The highest BCUT2D eigenvalue weighted by Gasteiger charge is 2.17. The van der Waals surface area contributed by atoms with Gasteiger partial charge >= 0.3 is 0 Å². The molecule has 4 nitrogen and oxygen atoms in total. The molecule has 0 fully saturated rings. The highest BCUT2D eigenvalue weighted by Crippen LogP contribution is 2.24. The van der Waals surface area contributed by atoms with Crippen molar-refractivity contribution in [2.75, 3.05) is 6.54 Å². The summed E-state index contributed by atoms with van der Waals surface area (Å²) < 4.78 is 27.3. The van der Waals surface area contributed by atoms with Gasteiger partial charge in [0, 0.05) is 17.6 Å². The Kier molecular flexibility index (Phi) is 4.37. The Bertz CT molecular complexity index is 709. The lowest BCUT2D eigenvalue weighted by Gasteiger charge is -2.16. The molecule has 6 heteroatoms. The molecule has 0 saturated carbocycles. The molecule has 1 aliphatic carbocycles. The van der Waals surface area contributed by atoms with Gasteiger partial charge in [-0.3, -0.25) is 4.98 Å². The van der Waals surface area contributed by atoms with Crippen LogP contribution < -0.4 is 4.72 Å². The van der Waals surface area contributed by atoms with Crippen LogP contribution in [-0.4, -0.2) is 19.9 Å². The lowest BCUT2D eigenvalue weighted by Crippen LogP contribution is -2.26. The van der Waals surface area contributed by atoms with Crippen LogP contribution in [0.2, 0.25) is 0 Å². The van der Waals surface area contributed by atoms with E-state index < -0.39 is 10.0 Å². The Morgan fingerprint density at radius 3 is 2.76 bits per heavy atom. The van der Waals surface area contributed by atoms with Gasteiger partial charge in [0.15, 0.2) is 0 Å². The minimum absolute atomic E-state index is 0.382. The highest BCUT2D eigenvalue weighted by molar-refractivity contribution is 7.89. The summed E-state index contributed by atoms with van der Waals surface area (Å²) in [5.41, 5.74) is 4.24. The van der Waals surface area contributed by atoms with Gasteiger partial charge in [-0.2, -0.15) is 0 Å². The zero-order valence-electron chi connectivity index (χ0n) is 11.7. The van der Waals surface area contributed by atoms with Crippen molar-refractivity contribution >= 4 is 21.4 Å². The topological polar surface area (TPSA) is 59.1 Å². The van der Waals surface area contributed by atoms with Crippen LogP contribution in [0.1, 0.15) is 28.8 Å². The Morgan fingerprint density at radius 1 is 1.19 bits per heavy atom. The zero-order valence-corrected chi connectivity index (χ0v) is 13.3. The van der Waals surface area contributed by atoms with E-state index in [1.54, 1.807) is 29.1 Å². The van der Waals surface area contributed by atoms with E-state index in [-0.39, 0.29) is 0 Å². The van der Waals surface area contributed by atoms with Crippen molar-refractivity contribution in [3.63, 3.8) is 0 Å². The molecule has 0 amide bonds. The van der Waals surface area contributed by atoms with E-state index >= 15 is 0 Å². The average molecular weight is 322 g/mol. The monoisotopic (exact) mass is 322 g/mol. The van der Waals surface area contributed by atoms with Gasteiger partial charge in [0.1, 0.15) is 0 Å². The molecular formula is C15H18N2O2S2. The third-order valence-corrected chi connectivity index (χ3v) is 6.08. The number of thiazole rings is 1. The summed E-state index contributed by atoms with van der Waals surface area (Å²) >= 11 is 1.54. The molecule has 1 aromatic heterocycles. The van der Waals surface area contributed by atoms with Gasteiger partial charge in [-0.25, -0.2) is 13.1 Å². The van der Waals surface area contributed by atoms with Crippen LogP contribution in [0.15, 0.2) is 34.8 Å². The predicted octanol–water partition coefficient (Wildman–Crippen LogP) is 2.54. The molecule has 3 rings (SSSR count). The minimum atomic E-state index is -3.41.